The molecule has 0 spiro atoms. The Morgan fingerprint density at radius 2 is 2.00 bits per heavy atom. The zero-order valence-corrected chi connectivity index (χ0v) is 26.6. The second-order valence-corrected chi connectivity index (χ2v) is 12.5. The summed E-state index contributed by atoms with van der Waals surface area (Å²) in [6.07, 6.45) is 0. The van der Waals surface area contributed by atoms with Gasteiger partial charge in [0.2, 0.25) is 5.16 Å². The molecule has 20 heteroatoms. The monoisotopic (exact) mass is 703 g/mol. The molecule has 1 aromatic heterocycles. The molecule has 3 amide bonds. The molecule has 17 nitrogen and oxygen atoms in total. The van der Waals surface area contributed by atoms with Crippen LogP contribution in [0.25, 0.3) is 0 Å². The number of amides is 3. The number of nitro groups is 1. The highest BCUT2D eigenvalue weighted by Gasteiger charge is 2.58. The van der Waals surface area contributed by atoms with Crippen LogP contribution < -0.4 is 16.2 Å². The number of β-lactam (4-membered cyclic amide) rings is 1. The summed E-state index contributed by atoms with van der Waals surface area (Å²) < 4.78 is 6.92. The maximum absolute atomic E-state index is 13.8. The number of fused-ring (bicyclic) bond motifs is 1. The molecule has 2 aliphatic heterocycles. The van der Waals surface area contributed by atoms with Gasteiger partial charge in [-0.25, -0.2) is 9.48 Å². The third-order valence-electron chi connectivity index (χ3n) is 7.12. The molecule has 0 aliphatic carbocycles. The van der Waals surface area contributed by atoms with Gasteiger partial charge in [0.15, 0.2) is 12.4 Å². The number of halogens is 1. The maximum Gasteiger partial charge on any atom is 0.352 e. The second kappa shape index (κ2) is 14.5. The third kappa shape index (κ3) is 6.93. The molecule has 0 bridgehead atoms. The minimum atomic E-state index is -1.43. The van der Waals surface area contributed by atoms with E-state index >= 15 is 0 Å². The Kier molecular flexibility index (Phi) is 10.4. The number of aliphatic carboxylic acids is 1. The summed E-state index contributed by atoms with van der Waals surface area (Å²) in [4.78, 5) is 66.2. The number of nitrogens with two attached hydrogens (primary N) is 2. The van der Waals surface area contributed by atoms with E-state index in [2.05, 4.69) is 15.5 Å². The van der Waals surface area contributed by atoms with Crippen molar-refractivity contribution in [2.75, 3.05) is 24.7 Å². The molecule has 3 atom stereocenters. The number of hydrogen-bond donors (Lipinski definition) is 3. The molecule has 246 valence electrons. The quantitative estimate of drug-likeness (QED) is 0.0974. The molecule has 2 aliphatic rings. The van der Waals surface area contributed by atoms with Crippen LogP contribution in [0.4, 0.5) is 5.69 Å². The van der Waals surface area contributed by atoms with Crippen LogP contribution in [0.2, 0.25) is 5.02 Å². The molecule has 1 unspecified atom stereocenters. The number of aromatic nitrogens is 4. The zero-order chi connectivity index (χ0) is 33.8. The number of ether oxygens (including phenoxy) is 1. The van der Waals surface area contributed by atoms with E-state index in [1.807, 2.05) is 0 Å². The molecule has 5 rings (SSSR count). The molecular formula is C27H26ClN9O8S2. The molecule has 0 radical (unpaired) electrons. The topological polar surface area (TPSA) is 243 Å². The van der Waals surface area contributed by atoms with Crippen LogP contribution in [0.1, 0.15) is 11.6 Å². The molecule has 0 saturated carbocycles. The molecule has 3 heterocycles. The summed E-state index contributed by atoms with van der Waals surface area (Å²) in [7, 11) is 0. The number of thioether (sulfide) groups is 2. The van der Waals surface area contributed by atoms with E-state index in [0.29, 0.717) is 27.7 Å². The fraction of sp³-hybridized carbons (Fsp3) is 0.296. The van der Waals surface area contributed by atoms with Crippen LogP contribution in [0.15, 0.2) is 65.0 Å². The van der Waals surface area contributed by atoms with Crippen LogP contribution >= 0.6 is 35.1 Å². The number of benzene rings is 2. The van der Waals surface area contributed by atoms with E-state index in [4.69, 9.17) is 27.8 Å². The lowest BCUT2D eigenvalue weighted by Crippen LogP contribution is -2.73. The molecule has 1 saturated heterocycles. The Labute approximate surface area is 279 Å². The number of imide groups is 1. The Hall–Kier alpha value is -4.56. The number of nitro benzene ring substituents is 1. The van der Waals surface area contributed by atoms with Crippen molar-refractivity contribution in [2.45, 2.75) is 29.2 Å². The summed E-state index contributed by atoms with van der Waals surface area (Å²) in [5.41, 5.74) is 11.8. The van der Waals surface area contributed by atoms with Crippen molar-refractivity contribution in [3.8, 4) is 5.75 Å². The zero-order valence-electron chi connectivity index (χ0n) is 24.2. The van der Waals surface area contributed by atoms with Gasteiger partial charge in [-0.3, -0.25) is 34.3 Å². The molecule has 1 fully saturated rings. The number of tetrazole rings is 1. The molecule has 5 N–H and O–H groups in total. The van der Waals surface area contributed by atoms with Crippen LogP contribution in [0.5, 0.6) is 5.75 Å². The summed E-state index contributed by atoms with van der Waals surface area (Å²) in [6.45, 7) is -0.244. The van der Waals surface area contributed by atoms with Crippen molar-refractivity contribution < 1.29 is 33.9 Å². The van der Waals surface area contributed by atoms with Crippen LogP contribution in [0.3, 0.4) is 0 Å². The Morgan fingerprint density at radius 1 is 1.26 bits per heavy atom. The van der Waals surface area contributed by atoms with Gasteiger partial charge in [-0.05, 0) is 33.7 Å². The van der Waals surface area contributed by atoms with Crippen LogP contribution in [-0.4, -0.2) is 99.8 Å². The predicted octanol–water partition coefficient (Wildman–Crippen LogP) is 1.04. The highest BCUT2D eigenvalue weighted by atomic mass is 35.5. The van der Waals surface area contributed by atoms with Gasteiger partial charge < -0.3 is 21.3 Å². The highest BCUT2D eigenvalue weighted by molar-refractivity contribution is 8.01. The minimum Gasteiger partial charge on any atom is -0.477 e. The van der Waals surface area contributed by atoms with E-state index < -0.39 is 58.4 Å². The number of rotatable bonds is 13. The third-order valence-corrected chi connectivity index (χ3v) is 9.72. The summed E-state index contributed by atoms with van der Waals surface area (Å²) in [5.74, 6) is -4.17. The van der Waals surface area contributed by atoms with E-state index in [1.165, 1.54) is 28.6 Å². The van der Waals surface area contributed by atoms with E-state index in [9.17, 15) is 34.4 Å². The van der Waals surface area contributed by atoms with E-state index in [0.717, 1.165) is 22.7 Å². The van der Waals surface area contributed by atoms with Crippen LogP contribution in [-0.2, 0) is 25.7 Å². The lowest BCUT2D eigenvalue weighted by molar-refractivity contribution is -0.385. The number of carboxylic acids is 1. The van der Waals surface area contributed by atoms with Crippen molar-refractivity contribution >= 4 is 64.5 Å². The Morgan fingerprint density at radius 3 is 2.68 bits per heavy atom. The van der Waals surface area contributed by atoms with Gasteiger partial charge >= 0.3 is 11.7 Å². The Bertz CT molecular complexity index is 1760. The number of carbonyl (C=O) groups is 4. The van der Waals surface area contributed by atoms with Gasteiger partial charge in [-0.2, -0.15) is 0 Å². The number of hydrogen-bond acceptors (Lipinski definition) is 14. The van der Waals surface area contributed by atoms with Crippen LogP contribution in [0, 0.1) is 10.1 Å². The van der Waals surface area contributed by atoms with E-state index in [1.54, 1.807) is 30.3 Å². The Balaban J connectivity index is 1.42. The molecule has 47 heavy (non-hydrogen) atoms. The van der Waals surface area contributed by atoms with Crippen molar-refractivity contribution in [1.29, 1.82) is 0 Å². The van der Waals surface area contributed by atoms with Crippen molar-refractivity contribution in [3.63, 3.8) is 0 Å². The lowest BCUT2D eigenvalue weighted by atomic mass is 9.99. The largest absolute Gasteiger partial charge is 0.477 e. The summed E-state index contributed by atoms with van der Waals surface area (Å²) in [6, 6.07) is 8.88. The van der Waals surface area contributed by atoms with Gasteiger partial charge in [-0.15, -0.1) is 16.9 Å². The van der Waals surface area contributed by atoms with Crippen molar-refractivity contribution in [1.82, 2.24) is 30.0 Å². The minimum absolute atomic E-state index is 0.0599. The number of nitrogens with zero attached hydrogens (tertiary/aromatic N) is 7. The average molecular weight is 704 g/mol. The van der Waals surface area contributed by atoms with Gasteiger partial charge in [0.05, 0.1) is 11.5 Å². The standard InChI is InChI=1S/C27H26ClN9O8S2/c28-16-6-7-18(17(10-16)37(43)44)45-11-19(38)35(23(39)20(30)14-4-2-1-3-5-14)22-24(40)36-21(26(41)42)15(12-46-25(22)36)13-47-27-31-32-33-34(27)9-8-29/h1-7,10,20,22,25H,8-9,11-13,29-30H2,(H,41,42)/t20-,22?,25-/m1/s1. The first-order valence-corrected chi connectivity index (χ1v) is 16.2. The normalized spacial score (nSPS) is 17.9. The average Bonchev–Trinajstić information content (AvgIpc) is 3.51. The van der Waals surface area contributed by atoms with Gasteiger partial charge in [0.1, 0.15) is 23.2 Å². The van der Waals surface area contributed by atoms with Gasteiger partial charge in [0, 0.05) is 29.1 Å². The second-order valence-electron chi connectivity index (χ2n) is 10.0. The maximum atomic E-state index is 13.8. The fourth-order valence-corrected chi connectivity index (χ4v) is 7.52. The molecule has 3 aromatic rings. The van der Waals surface area contributed by atoms with E-state index in [-0.39, 0.29) is 34.5 Å². The predicted molar refractivity (Wildman–Crippen MR) is 168 cm³/mol. The van der Waals surface area contributed by atoms with Gasteiger partial charge in [0.25, 0.3) is 17.7 Å². The first-order valence-electron chi connectivity index (χ1n) is 13.8. The SMILES string of the molecule is NCCn1nnnc1SCC1=C(C(=O)O)N2C(=O)C(N(C(=O)COc3ccc(Cl)cc3[N+](=O)[O-])C(=O)[C@H](N)c3ccccc3)[C@H]2SC1. The van der Waals surface area contributed by atoms with Crippen molar-refractivity contribution in [2.24, 2.45) is 11.5 Å². The molecular weight excluding hydrogens is 678 g/mol. The smallest absolute Gasteiger partial charge is 0.352 e. The summed E-state index contributed by atoms with van der Waals surface area (Å²) >= 11 is 8.19. The first kappa shape index (κ1) is 33.8. The van der Waals surface area contributed by atoms with Gasteiger partial charge in [-0.1, -0.05) is 53.7 Å². The summed E-state index contributed by atoms with van der Waals surface area (Å²) in [5, 5.41) is 32.6. The first-order chi connectivity index (χ1) is 22.5. The highest BCUT2D eigenvalue weighted by Crippen LogP contribution is 2.44. The molecule has 2 aromatic carbocycles. The fourth-order valence-electron chi connectivity index (χ4n) is 4.93. The lowest BCUT2D eigenvalue weighted by Gasteiger charge is -2.52. The number of carbonyl (C=O) groups excluding carboxylic acids is 3. The van der Waals surface area contributed by atoms with Crippen molar-refractivity contribution in [3.05, 3.63) is 80.5 Å². The number of carboxylic acid groups (broad SMARTS) is 1.